The third kappa shape index (κ3) is 5.90. The van der Waals surface area contributed by atoms with Crippen LogP contribution >= 0.6 is 23.2 Å². The predicted octanol–water partition coefficient (Wildman–Crippen LogP) is 4.19. The third-order valence-corrected chi connectivity index (χ3v) is 4.90. The summed E-state index contributed by atoms with van der Waals surface area (Å²) in [6.07, 6.45) is 0. The van der Waals surface area contributed by atoms with E-state index in [1.807, 2.05) is 0 Å². The van der Waals surface area contributed by atoms with Gasteiger partial charge in [0, 0.05) is 6.07 Å². The first-order valence-electron chi connectivity index (χ1n) is 8.76. The fourth-order valence-corrected chi connectivity index (χ4v) is 3.14. The number of benzene rings is 2. The smallest absolute Gasteiger partial charge is 0.292 e. The number of hydrogen-bond acceptors (Lipinski definition) is 5. The Morgan fingerprint density at radius 1 is 1.10 bits per heavy atom. The maximum absolute atomic E-state index is 12.6. The van der Waals surface area contributed by atoms with Gasteiger partial charge in [-0.1, -0.05) is 48.3 Å². The quantitative estimate of drug-likeness (QED) is 0.474. The number of carbonyl (C=O) groups excluding carboxylic acids is 2. The molecule has 0 aliphatic carbocycles. The van der Waals surface area contributed by atoms with Gasteiger partial charge < -0.3 is 10.6 Å². The first-order valence-corrected chi connectivity index (χ1v) is 9.52. The van der Waals surface area contributed by atoms with E-state index in [0.29, 0.717) is 22.3 Å². The average Bonchev–Trinajstić information content (AvgIpc) is 2.68. The number of hydrogen-bond donors (Lipinski definition) is 2. The van der Waals surface area contributed by atoms with E-state index in [0.717, 1.165) is 0 Å². The average molecular weight is 439 g/mol. The van der Waals surface area contributed by atoms with E-state index in [2.05, 4.69) is 10.6 Å². The molecule has 10 heteroatoms. The Bertz CT molecular complexity index is 903. The lowest BCUT2D eigenvalue weighted by Gasteiger charge is -2.26. The molecular weight excluding hydrogens is 419 g/mol. The molecule has 0 saturated heterocycles. The molecular formula is C19H20Cl2N4O4. The molecule has 0 spiro atoms. The first-order chi connectivity index (χ1) is 13.7. The second kappa shape index (κ2) is 10.2. The number of amides is 2. The number of nitrogens with zero attached hydrogens (tertiary/aromatic N) is 2. The maximum atomic E-state index is 12.6. The van der Waals surface area contributed by atoms with Gasteiger partial charge in [0.15, 0.2) is 0 Å². The standard InChI is InChI=1S/C19H20Cl2N4O4/c1-3-24(11-17(26)23-18-13(20)7-6-8-14(18)21)12(2)19(27)22-15-9-4-5-10-16(15)25(28)29/h4-10,12H,3,11H2,1-2H3,(H,22,27)(H,23,26). The van der Waals surface area contributed by atoms with Gasteiger partial charge >= 0.3 is 0 Å². The first kappa shape index (κ1) is 22.6. The van der Waals surface area contributed by atoms with E-state index >= 15 is 0 Å². The van der Waals surface area contributed by atoms with E-state index in [9.17, 15) is 19.7 Å². The number of nitro groups is 1. The van der Waals surface area contributed by atoms with Crippen LogP contribution in [-0.4, -0.2) is 40.8 Å². The van der Waals surface area contributed by atoms with Crippen LogP contribution in [0, 0.1) is 10.1 Å². The van der Waals surface area contributed by atoms with Crippen molar-refractivity contribution in [3.8, 4) is 0 Å². The second-order valence-corrected chi connectivity index (χ2v) is 6.96. The summed E-state index contributed by atoms with van der Waals surface area (Å²) in [5.41, 5.74) is 0.189. The molecule has 2 rings (SSSR count). The number of nitro benzene ring substituents is 1. The van der Waals surface area contributed by atoms with Gasteiger partial charge in [0.25, 0.3) is 5.69 Å². The SMILES string of the molecule is CCN(CC(=O)Nc1c(Cl)cccc1Cl)C(C)C(=O)Nc1ccccc1[N+](=O)[O-]. The molecule has 0 aliphatic heterocycles. The molecule has 0 saturated carbocycles. The summed E-state index contributed by atoms with van der Waals surface area (Å²) in [4.78, 5) is 37.2. The van der Waals surface area contributed by atoms with Crippen molar-refractivity contribution in [1.82, 2.24) is 4.90 Å². The molecule has 0 radical (unpaired) electrons. The van der Waals surface area contributed by atoms with Gasteiger partial charge in [0.1, 0.15) is 5.69 Å². The summed E-state index contributed by atoms with van der Waals surface area (Å²) in [7, 11) is 0. The van der Waals surface area contributed by atoms with Crippen LogP contribution in [-0.2, 0) is 9.59 Å². The van der Waals surface area contributed by atoms with Crippen molar-refractivity contribution in [1.29, 1.82) is 0 Å². The molecule has 2 N–H and O–H groups in total. The summed E-state index contributed by atoms with van der Waals surface area (Å²) in [6, 6.07) is 10.0. The van der Waals surface area contributed by atoms with Crippen LogP contribution in [0.4, 0.5) is 17.1 Å². The highest BCUT2D eigenvalue weighted by atomic mass is 35.5. The van der Waals surface area contributed by atoms with Crippen molar-refractivity contribution in [2.45, 2.75) is 19.9 Å². The molecule has 0 fully saturated rings. The monoisotopic (exact) mass is 438 g/mol. The highest BCUT2D eigenvalue weighted by molar-refractivity contribution is 6.39. The lowest BCUT2D eigenvalue weighted by Crippen LogP contribution is -2.45. The molecule has 29 heavy (non-hydrogen) atoms. The van der Waals surface area contributed by atoms with Gasteiger partial charge in [-0.2, -0.15) is 0 Å². The van der Waals surface area contributed by atoms with Gasteiger partial charge in [-0.25, -0.2) is 0 Å². The van der Waals surface area contributed by atoms with E-state index < -0.39 is 22.8 Å². The largest absolute Gasteiger partial charge is 0.322 e. The molecule has 2 amide bonds. The molecule has 0 aromatic heterocycles. The van der Waals surface area contributed by atoms with E-state index in [4.69, 9.17) is 23.2 Å². The van der Waals surface area contributed by atoms with Crippen LogP contribution < -0.4 is 10.6 Å². The summed E-state index contributed by atoms with van der Waals surface area (Å²) >= 11 is 12.1. The minimum Gasteiger partial charge on any atom is -0.322 e. The van der Waals surface area contributed by atoms with E-state index in [1.54, 1.807) is 43.0 Å². The number of likely N-dealkylation sites (N-methyl/N-ethyl adjacent to an activating group) is 1. The summed E-state index contributed by atoms with van der Waals surface area (Å²) in [6.45, 7) is 3.71. The van der Waals surface area contributed by atoms with Crippen molar-refractivity contribution < 1.29 is 14.5 Å². The second-order valence-electron chi connectivity index (χ2n) is 6.15. The Kier molecular flexibility index (Phi) is 7.95. The number of anilines is 2. The normalized spacial score (nSPS) is 11.8. The summed E-state index contributed by atoms with van der Waals surface area (Å²) < 4.78 is 0. The topological polar surface area (TPSA) is 105 Å². The van der Waals surface area contributed by atoms with Gasteiger partial charge in [-0.3, -0.25) is 24.6 Å². The van der Waals surface area contributed by atoms with Crippen LogP contribution in [0.25, 0.3) is 0 Å². The van der Waals surface area contributed by atoms with Crippen molar-refractivity contribution in [3.05, 3.63) is 62.6 Å². The summed E-state index contributed by atoms with van der Waals surface area (Å²) in [5, 5.41) is 16.9. The van der Waals surface area contributed by atoms with Crippen LogP contribution in [0.5, 0.6) is 0 Å². The molecule has 0 bridgehead atoms. The van der Waals surface area contributed by atoms with Crippen molar-refractivity contribution in [2.75, 3.05) is 23.7 Å². The van der Waals surface area contributed by atoms with Crippen LogP contribution in [0.3, 0.4) is 0 Å². The van der Waals surface area contributed by atoms with Crippen molar-refractivity contribution in [2.24, 2.45) is 0 Å². The third-order valence-electron chi connectivity index (χ3n) is 4.27. The number of nitrogens with one attached hydrogen (secondary N) is 2. The summed E-state index contributed by atoms with van der Waals surface area (Å²) in [5.74, 6) is -0.864. The number of halogens is 2. The number of carbonyl (C=O) groups is 2. The number of para-hydroxylation sites is 3. The maximum Gasteiger partial charge on any atom is 0.292 e. The molecule has 154 valence electrons. The van der Waals surface area contributed by atoms with E-state index in [1.165, 1.54) is 18.2 Å². The zero-order valence-electron chi connectivity index (χ0n) is 15.8. The number of rotatable bonds is 8. The van der Waals surface area contributed by atoms with Crippen LogP contribution in [0.15, 0.2) is 42.5 Å². The van der Waals surface area contributed by atoms with Crippen LogP contribution in [0.2, 0.25) is 10.0 Å². The molecule has 1 atom stereocenters. The Morgan fingerprint density at radius 2 is 1.72 bits per heavy atom. The highest BCUT2D eigenvalue weighted by Crippen LogP contribution is 2.29. The van der Waals surface area contributed by atoms with Gasteiger partial charge in [-0.05, 0) is 31.7 Å². The minimum atomic E-state index is -0.715. The van der Waals surface area contributed by atoms with Crippen molar-refractivity contribution >= 4 is 52.1 Å². The fraction of sp³-hybridized carbons (Fsp3) is 0.263. The highest BCUT2D eigenvalue weighted by Gasteiger charge is 2.25. The molecule has 2 aromatic rings. The molecule has 0 heterocycles. The lowest BCUT2D eigenvalue weighted by atomic mass is 10.2. The molecule has 1 unspecified atom stereocenters. The van der Waals surface area contributed by atoms with Crippen molar-refractivity contribution in [3.63, 3.8) is 0 Å². The van der Waals surface area contributed by atoms with E-state index in [-0.39, 0.29) is 17.9 Å². The fourth-order valence-electron chi connectivity index (χ4n) is 2.64. The lowest BCUT2D eigenvalue weighted by molar-refractivity contribution is -0.383. The van der Waals surface area contributed by atoms with Gasteiger partial charge in [-0.15, -0.1) is 0 Å². The Hall–Kier alpha value is -2.68. The molecule has 8 nitrogen and oxygen atoms in total. The minimum absolute atomic E-state index is 0.0937. The predicted molar refractivity (Wildman–Crippen MR) is 114 cm³/mol. The zero-order valence-corrected chi connectivity index (χ0v) is 17.3. The van der Waals surface area contributed by atoms with Crippen LogP contribution in [0.1, 0.15) is 13.8 Å². The molecule has 2 aromatic carbocycles. The zero-order chi connectivity index (χ0) is 21.6. The Labute approximate surface area is 177 Å². The Balaban J connectivity index is 2.06. The van der Waals surface area contributed by atoms with Gasteiger partial charge in [0.05, 0.1) is 33.2 Å². The van der Waals surface area contributed by atoms with Gasteiger partial charge in [0.2, 0.25) is 11.8 Å². The Morgan fingerprint density at radius 3 is 2.31 bits per heavy atom. The molecule has 0 aliphatic rings.